The third-order valence-electron chi connectivity index (χ3n) is 6.22. The molecule has 0 bridgehead atoms. The lowest BCUT2D eigenvalue weighted by Gasteiger charge is -2.36. The van der Waals surface area contributed by atoms with Gasteiger partial charge in [-0.25, -0.2) is 9.97 Å². The second kappa shape index (κ2) is 9.82. The fourth-order valence-corrected chi connectivity index (χ4v) is 4.68. The molecule has 0 radical (unpaired) electrons. The Kier molecular flexibility index (Phi) is 7.43. The van der Waals surface area contributed by atoms with Gasteiger partial charge in [0.05, 0.1) is 6.61 Å². The highest BCUT2D eigenvalue weighted by molar-refractivity contribution is 5.97. The van der Waals surface area contributed by atoms with Crippen molar-refractivity contribution < 1.29 is 14.4 Å². The number of amides is 2. The molecule has 2 amide bonds. The quantitative estimate of drug-likeness (QED) is 0.511. The Morgan fingerprint density at radius 2 is 1.59 bits per heavy atom. The van der Waals surface area contributed by atoms with Crippen LogP contribution in [0, 0.1) is 5.41 Å². The summed E-state index contributed by atoms with van der Waals surface area (Å²) in [5, 5.41) is 1.04. The topological polar surface area (TPSA) is 78.9 Å². The van der Waals surface area contributed by atoms with Gasteiger partial charge in [-0.1, -0.05) is 12.8 Å². The molecule has 0 N–H and O–H groups in total. The number of imide groups is 1. The zero-order valence-corrected chi connectivity index (χ0v) is 17.6. The fourth-order valence-electron chi connectivity index (χ4n) is 4.68. The van der Waals surface area contributed by atoms with Crippen molar-refractivity contribution in [2.75, 3.05) is 44.2 Å². The predicted octanol–water partition coefficient (Wildman–Crippen LogP) is 2.05. The first-order valence-electron chi connectivity index (χ1n) is 10.4. The van der Waals surface area contributed by atoms with E-state index >= 15 is 0 Å². The average molecular weight is 424 g/mol. The van der Waals surface area contributed by atoms with E-state index in [9.17, 15) is 9.59 Å². The van der Waals surface area contributed by atoms with Gasteiger partial charge in [0.2, 0.25) is 5.95 Å². The van der Waals surface area contributed by atoms with Gasteiger partial charge in [-0.05, 0) is 30.7 Å². The Morgan fingerprint density at radius 1 is 0.966 bits per heavy atom. The van der Waals surface area contributed by atoms with Crippen LogP contribution in [0.3, 0.4) is 0 Å². The molecule has 160 valence electrons. The van der Waals surface area contributed by atoms with Gasteiger partial charge < -0.3 is 4.90 Å². The van der Waals surface area contributed by atoms with Gasteiger partial charge in [-0.3, -0.25) is 19.3 Å². The highest BCUT2D eigenvalue weighted by Gasteiger charge is 2.45. The number of carbonyl (C=O) groups is 2. The van der Waals surface area contributed by atoms with Gasteiger partial charge >= 0.3 is 0 Å². The molecule has 2 saturated heterocycles. The van der Waals surface area contributed by atoms with Crippen molar-refractivity contribution in [3.05, 3.63) is 18.5 Å². The van der Waals surface area contributed by atoms with Crippen LogP contribution in [0.5, 0.6) is 0 Å². The van der Waals surface area contributed by atoms with Gasteiger partial charge in [0.15, 0.2) is 0 Å². The summed E-state index contributed by atoms with van der Waals surface area (Å²) < 4.78 is 0. The number of piperidine rings is 1. The summed E-state index contributed by atoms with van der Waals surface area (Å²) in [4.78, 5) is 43.5. The molecule has 3 fully saturated rings. The number of aromatic nitrogens is 2. The standard InChI is InChI=1S/C20H29N5O3.ClH/c26-17-15-20(5-1-2-6-20)16-18(27)25(17)28-14-4-9-23-10-12-24(13-11-23)19-21-7-3-8-22-19;/h3,7-8H,1-2,4-6,9-16H2;1H. The molecule has 9 heteroatoms. The minimum Gasteiger partial charge on any atom is -0.338 e. The largest absolute Gasteiger partial charge is 0.338 e. The number of halogens is 1. The van der Waals surface area contributed by atoms with Gasteiger partial charge in [0.25, 0.3) is 11.8 Å². The first-order chi connectivity index (χ1) is 13.7. The summed E-state index contributed by atoms with van der Waals surface area (Å²) in [6.45, 7) is 4.98. The van der Waals surface area contributed by atoms with E-state index in [2.05, 4.69) is 19.8 Å². The zero-order valence-electron chi connectivity index (χ0n) is 16.8. The lowest BCUT2D eigenvalue weighted by atomic mass is 9.77. The predicted molar refractivity (Wildman–Crippen MR) is 110 cm³/mol. The number of hydroxylamine groups is 2. The molecule has 1 spiro atoms. The number of rotatable bonds is 6. The smallest absolute Gasteiger partial charge is 0.254 e. The second-order valence-electron chi connectivity index (χ2n) is 8.21. The van der Waals surface area contributed by atoms with E-state index in [1.54, 1.807) is 12.4 Å². The Hall–Kier alpha value is -1.77. The van der Waals surface area contributed by atoms with Crippen LogP contribution in [0.4, 0.5) is 5.95 Å². The Balaban J connectivity index is 0.00000240. The number of anilines is 1. The molecule has 8 nitrogen and oxygen atoms in total. The van der Waals surface area contributed by atoms with Crippen molar-refractivity contribution in [3.8, 4) is 0 Å². The maximum Gasteiger partial charge on any atom is 0.254 e. The molecule has 3 aliphatic rings. The lowest BCUT2D eigenvalue weighted by Crippen LogP contribution is -2.48. The van der Waals surface area contributed by atoms with E-state index in [1.165, 1.54) is 0 Å². The van der Waals surface area contributed by atoms with Crippen LogP contribution in [0.1, 0.15) is 44.9 Å². The monoisotopic (exact) mass is 423 g/mol. The Bertz CT molecular complexity index is 671. The SMILES string of the molecule is Cl.O=C1CC2(CCCC2)CC(=O)N1OCCCN1CCN(c2ncccn2)CC1. The van der Waals surface area contributed by atoms with Crippen molar-refractivity contribution in [3.63, 3.8) is 0 Å². The van der Waals surface area contributed by atoms with Crippen molar-refractivity contribution >= 4 is 30.2 Å². The number of piperazine rings is 1. The molecular formula is C20H30ClN5O3. The first kappa shape index (κ1) is 21.9. The average Bonchev–Trinajstić information content (AvgIpc) is 3.15. The van der Waals surface area contributed by atoms with E-state index in [0.29, 0.717) is 19.4 Å². The van der Waals surface area contributed by atoms with Crippen molar-refractivity contribution in [1.29, 1.82) is 0 Å². The molecule has 0 unspecified atom stereocenters. The molecule has 1 aromatic rings. The lowest BCUT2D eigenvalue weighted by molar-refractivity contribution is -0.205. The number of nitrogens with zero attached hydrogens (tertiary/aromatic N) is 5. The molecule has 29 heavy (non-hydrogen) atoms. The molecule has 4 rings (SSSR count). The fraction of sp³-hybridized carbons (Fsp3) is 0.700. The van der Waals surface area contributed by atoms with E-state index in [0.717, 1.165) is 75.8 Å². The molecular weight excluding hydrogens is 394 g/mol. The van der Waals surface area contributed by atoms with Crippen LogP contribution in [-0.2, 0) is 14.4 Å². The van der Waals surface area contributed by atoms with Crippen LogP contribution in [0.2, 0.25) is 0 Å². The van der Waals surface area contributed by atoms with Crippen molar-refractivity contribution in [1.82, 2.24) is 19.9 Å². The summed E-state index contributed by atoms with van der Waals surface area (Å²) in [6, 6.07) is 1.82. The van der Waals surface area contributed by atoms with Gasteiger partial charge in [0, 0.05) is 58.0 Å². The zero-order chi connectivity index (χ0) is 19.4. The second-order valence-corrected chi connectivity index (χ2v) is 8.21. The van der Waals surface area contributed by atoms with Gasteiger partial charge in [-0.2, -0.15) is 5.06 Å². The first-order valence-corrected chi connectivity index (χ1v) is 10.4. The molecule has 0 aromatic carbocycles. The van der Waals surface area contributed by atoms with Crippen LogP contribution >= 0.6 is 12.4 Å². The highest BCUT2D eigenvalue weighted by Crippen LogP contribution is 2.46. The van der Waals surface area contributed by atoms with E-state index in [-0.39, 0.29) is 29.6 Å². The summed E-state index contributed by atoms with van der Waals surface area (Å²) in [7, 11) is 0. The summed E-state index contributed by atoms with van der Waals surface area (Å²) in [6.07, 6.45) is 9.51. The van der Waals surface area contributed by atoms with Crippen LogP contribution < -0.4 is 4.90 Å². The number of hydrogen-bond acceptors (Lipinski definition) is 7. The molecule has 2 aliphatic heterocycles. The van der Waals surface area contributed by atoms with Crippen LogP contribution in [0.15, 0.2) is 18.5 Å². The maximum absolute atomic E-state index is 12.4. The molecule has 3 heterocycles. The molecule has 1 aliphatic carbocycles. The van der Waals surface area contributed by atoms with Crippen molar-refractivity contribution in [2.45, 2.75) is 44.9 Å². The minimum atomic E-state index is -0.158. The molecule has 1 aromatic heterocycles. The highest BCUT2D eigenvalue weighted by atomic mass is 35.5. The van der Waals surface area contributed by atoms with Crippen LogP contribution in [-0.4, -0.2) is 71.1 Å². The van der Waals surface area contributed by atoms with Crippen LogP contribution in [0.25, 0.3) is 0 Å². The number of hydrogen-bond donors (Lipinski definition) is 0. The maximum atomic E-state index is 12.4. The summed E-state index contributed by atoms with van der Waals surface area (Å²) in [5.41, 5.74) is -0.0732. The van der Waals surface area contributed by atoms with E-state index < -0.39 is 0 Å². The van der Waals surface area contributed by atoms with Gasteiger partial charge in [0.1, 0.15) is 0 Å². The third-order valence-corrected chi connectivity index (χ3v) is 6.22. The Labute approximate surface area is 178 Å². The van der Waals surface area contributed by atoms with Crippen molar-refractivity contribution in [2.24, 2.45) is 5.41 Å². The summed E-state index contributed by atoms with van der Waals surface area (Å²) >= 11 is 0. The van der Waals surface area contributed by atoms with Gasteiger partial charge in [-0.15, -0.1) is 12.4 Å². The normalized spacial score (nSPS) is 22.2. The van der Waals surface area contributed by atoms with E-state index in [4.69, 9.17) is 4.84 Å². The molecule has 1 saturated carbocycles. The summed E-state index contributed by atoms with van der Waals surface area (Å²) in [5.74, 6) is 0.469. The Morgan fingerprint density at radius 3 is 2.21 bits per heavy atom. The third kappa shape index (κ3) is 5.24. The van der Waals surface area contributed by atoms with E-state index in [1.807, 2.05) is 6.07 Å². The number of carbonyl (C=O) groups excluding carboxylic acids is 2. The minimum absolute atomic E-state index is 0. The molecule has 0 atom stereocenters.